The predicted molar refractivity (Wildman–Crippen MR) is 109 cm³/mol. The lowest BCUT2D eigenvalue weighted by Gasteiger charge is -2.34. The number of rotatable bonds is 5. The molecular formula is C21H23F3N6O. The van der Waals surface area contributed by atoms with Crippen molar-refractivity contribution in [3.05, 3.63) is 59.7 Å². The van der Waals surface area contributed by atoms with Crippen LogP contribution in [0.5, 0.6) is 5.75 Å². The minimum absolute atomic E-state index is 0.135. The smallest absolute Gasteiger partial charge is 0.433 e. The minimum atomic E-state index is -4.48. The molecule has 0 radical (unpaired) electrons. The summed E-state index contributed by atoms with van der Waals surface area (Å²) in [4.78, 5) is 12.0. The van der Waals surface area contributed by atoms with Crippen molar-refractivity contribution < 1.29 is 17.9 Å². The van der Waals surface area contributed by atoms with E-state index >= 15 is 0 Å². The first-order valence-corrected chi connectivity index (χ1v) is 9.90. The van der Waals surface area contributed by atoms with E-state index in [1.807, 2.05) is 36.7 Å². The number of nitrogens with zero attached hydrogens (tertiary/aromatic N) is 6. The molecule has 3 heterocycles. The standard InChI is InChI=1S/C21H23F3N6O/c1-15-11-19(21(22,23)24)27-20(26-15)29-9-7-28(8-10-29)13-16-12-25-30(14-16)17-5-3-4-6-18(17)31-2/h3-6,11-12,14H,7-10,13H2,1-2H3. The maximum absolute atomic E-state index is 13.1. The van der Waals surface area contributed by atoms with Crippen LogP contribution in [0, 0.1) is 6.92 Å². The molecule has 0 spiro atoms. The van der Waals surface area contributed by atoms with Gasteiger partial charge in [-0.25, -0.2) is 14.6 Å². The van der Waals surface area contributed by atoms with Crippen LogP contribution in [0.25, 0.3) is 5.69 Å². The van der Waals surface area contributed by atoms with Gasteiger partial charge in [-0.15, -0.1) is 0 Å². The summed E-state index contributed by atoms with van der Waals surface area (Å²) in [6.07, 6.45) is -0.701. The Morgan fingerprint density at radius 1 is 1.06 bits per heavy atom. The molecule has 1 aromatic carbocycles. The molecule has 7 nitrogen and oxygen atoms in total. The highest BCUT2D eigenvalue weighted by Crippen LogP contribution is 2.29. The summed E-state index contributed by atoms with van der Waals surface area (Å²) in [5, 5.41) is 4.44. The monoisotopic (exact) mass is 432 g/mol. The molecular weight excluding hydrogens is 409 g/mol. The first-order valence-electron chi connectivity index (χ1n) is 9.90. The van der Waals surface area contributed by atoms with Gasteiger partial charge < -0.3 is 9.64 Å². The van der Waals surface area contributed by atoms with Crippen molar-refractivity contribution in [2.24, 2.45) is 0 Å². The summed E-state index contributed by atoms with van der Waals surface area (Å²) in [6.45, 7) is 4.75. The summed E-state index contributed by atoms with van der Waals surface area (Å²) in [5.41, 5.74) is 1.31. The van der Waals surface area contributed by atoms with Crippen LogP contribution in [0.15, 0.2) is 42.7 Å². The van der Waals surface area contributed by atoms with Crippen LogP contribution in [0.3, 0.4) is 0 Å². The number of anilines is 1. The van der Waals surface area contributed by atoms with Crippen LogP contribution in [-0.2, 0) is 12.7 Å². The lowest BCUT2D eigenvalue weighted by molar-refractivity contribution is -0.141. The average Bonchev–Trinajstić information content (AvgIpc) is 3.21. The molecule has 31 heavy (non-hydrogen) atoms. The third kappa shape index (κ3) is 4.79. The molecule has 3 aromatic rings. The van der Waals surface area contributed by atoms with Crippen molar-refractivity contribution in [3.8, 4) is 11.4 Å². The molecule has 0 amide bonds. The number of hydrogen-bond donors (Lipinski definition) is 0. The Hall–Kier alpha value is -3.14. The fourth-order valence-electron chi connectivity index (χ4n) is 3.60. The van der Waals surface area contributed by atoms with Gasteiger partial charge in [0.15, 0.2) is 0 Å². The summed E-state index contributed by atoms with van der Waals surface area (Å²) in [6, 6.07) is 8.62. The van der Waals surface area contributed by atoms with Gasteiger partial charge in [0.25, 0.3) is 0 Å². The van der Waals surface area contributed by atoms with Gasteiger partial charge >= 0.3 is 6.18 Å². The topological polar surface area (TPSA) is 59.3 Å². The first-order chi connectivity index (χ1) is 14.8. The molecule has 1 aliphatic rings. The molecule has 0 unspecified atom stereocenters. The van der Waals surface area contributed by atoms with E-state index in [-0.39, 0.29) is 5.95 Å². The van der Waals surface area contributed by atoms with E-state index in [1.165, 1.54) is 0 Å². The maximum atomic E-state index is 13.1. The molecule has 0 N–H and O–H groups in total. The van der Waals surface area contributed by atoms with Crippen molar-refractivity contribution in [1.82, 2.24) is 24.6 Å². The van der Waals surface area contributed by atoms with Crippen molar-refractivity contribution in [2.45, 2.75) is 19.6 Å². The van der Waals surface area contributed by atoms with Crippen LogP contribution >= 0.6 is 0 Å². The molecule has 0 atom stereocenters. The summed E-state index contributed by atoms with van der Waals surface area (Å²) < 4.78 is 46.3. The predicted octanol–water partition coefficient (Wildman–Crippen LogP) is 3.32. The number of aromatic nitrogens is 4. The maximum Gasteiger partial charge on any atom is 0.433 e. The van der Waals surface area contributed by atoms with E-state index in [0.717, 1.165) is 23.1 Å². The second-order valence-electron chi connectivity index (χ2n) is 7.42. The van der Waals surface area contributed by atoms with E-state index in [2.05, 4.69) is 20.0 Å². The van der Waals surface area contributed by atoms with E-state index in [0.29, 0.717) is 38.4 Å². The number of aryl methyl sites for hydroxylation is 1. The van der Waals surface area contributed by atoms with E-state index < -0.39 is 11.9 Å². The van der Waals surface area contributed by atoms with Gasteiger partial charge in [-0.2, -0.15) is 18.3 Å². The molecule has 1 aliphatic heterocycles. The highest BCUT2D eigenvalue weighted by molar-refractivity contribution is 5.46. The Morgan fingerprint density at radius 3 is 2.52 bits per heavy atom. The van der Waals surface area contributed by atoms with Gasteiger partial charge in [0.1, 0.15) is 17.1 Å². The van der Waals surface area contributed by atoms with Crippen LogP contribution < -0.4 is 9.64 Å². The zero-order valence-corrected chi connectivity index (χ0v) is 17.3. The highest BCUT2D eigenvalue weighted by Gasteiger charge is 2.34. The van der Waals surface area contributed by atoms with E-state index in [4.69, 9.17) is 4.74 Å². The zero-order chi connectivity index (χ0) is 22.0. The molecule has 164 valence electrons. The van der Waals surface area contributed by atoms with Crippen LogP contribution in [0.4, 0.5) is 19.1 Å². The molecule has 1 saturated heterocycles. The number of methoxy groups -OCH3 is 1. The van der Waals surface area contributed by atoms with Crippen LogP contribution in [0.2, 0.25) is 0 Å². The molecule has 2 aromatic heterocycles. The zero-order valence-electron chi connectivity index (χ0n) is 17.3. The number of hydrogen-bond acceptors (Lipinski definition) is 6. The normalized spacial score (nSPS) is 15.3. The number of benzene rings is 1. The van der Waals surface area contributed by atoms with Gasteiger partial charge in [-0.1, -0.05) is 12.1 Å². The molecule has 4 rings (SSSR count). The van der Waals surface area contributed by atoms with Gasteiger partial charge in [0.05, 0.1) is 13.3 Å². The molecule has 0 saturated carbocycles. The van der Waals surface area contributed by atoms with E-state index in [1.54, 1.807) is 23.6 Å². The minimum Gasteiger partial charge on any atom is -0.494 e. The third-order valence-electron chi connectivity index (χ3n) is 5.16. The lowest BCUT2D eigenvalue weighted by Crippen LogP contribution is -2.46. The Bertz CT molecular complexity index is 1040. The second-order valence-corrected chi connectivity index (χ2v) is 7.42. The number of para-hydroxylation sites is 2. The molecule has 10 heteroatoms. The van der Waals surface area contributed by atoms with E-state index in [9.17, 15) is 13.2 Å². The Morgan fingerprint density at radius 2 is 1.81 bits per heavy atom. The number of alkyl halides is 3. The number of halogens is 3. The average molecular weight is 432 g/mol. The lowest BCUT2D eigenvalue weighted by atomic mass is 10.2. The second kappa shape index (κ2) is 8.54. The van der Waals surface area contributed by atoms with Gasteiger partial charge in [-0.3, -0.25) is 4.90 Å². The van der Waals surface area contributed by atoms with Crippen molar-refractivity contribution in [2.75, 3.05) is 38.2 Å². The fraction of sp³-hybridized carbons (Fsp3) is 0.381. The third-order valence-corrected chi connectivity index (χ3v) is 5.16. The molecule has 0 aliphatic carbocycles. The fourth-order valence-corrected chi connectivity index (χ4v) is 3.60. The largest absolute Gasteiger partial charge is 0.494 e. The quantitative estimate of drug-likeness (QED) is 0.617. The van der Waals surface area contributed by atoms with Gasteiger partial charge in [-0.05, 0) is 25.1 Å². The highest BCUT2D eigenvalue weighted by atomic mass is 19.4. The summed E-state index contributed by atoms with van der Waals surface area (Å²) in [7, 11) is 1.62. The Balaban J connectivity index is 1.39. The Kier molecular flexibility index (Phi) is 5.81. The summed E-state index contributed by atoms with van der Waals surface area (Å²) in [5.74, 6) is 0.873. The number of ether oxygens (including phenoxy) is 1. The van der Waals surface area contributed by atoms with Crippen LogP contribution in [-0.4, -0.2) is 57.9 Å². The van der Waals surface area contributed by atoms with Crippen molar-refractivity contribution in [3.63, 3.8) is 0 Å². The molecule has 1 fully saturated rings. The van der Waals surface area contributed by atoms with Crippen molar-refractivity contribution >= 4 is 5.95 Å². The number of piperazine rings is 1. The van der Waals surface area contributed by atoms with Crippen LogP contribution in [0.1, 0.15) is 17.0 Å². The van der Waals surface area contributed by atoms with Gasteiger partial charge in [0, 0.05) is 50.2 Å². The summed E-state index contributed by atoms with van der Waals surface area (Å²) >= 11 is 0. The Labute approximate surface area is 178 Å². The van der Waals surface area contributed by atoms with Gasteiger partial charge in [0.2, 0.25) is 5.95 Å². The molecule has 0 bridgehead atoms. The van der Waals surface area contributed by atoms with Crippen molar-refractivity contribution in [1.29, 1.82) is 0 Å². The first kappa shape index (κ1) is 21.1. The SMILES string of the molecule is COc1ccccc1-n1cc(CN2CCN(c3nc(C)cc(C(F)(F)F)n3)CC2)cn1.